The van der Waals surface area contributed by atoms with E-state index in [1.807, 2.05) is 0 Å². The van der Waals surface area contributed by atoms with Crippen molar-refractivity contribution in [1.82, 2.24) is 0 Å². The van der Waals surface area contributed by atoms with E-state index in [1.165, 1.54) is 17.8 Å². The molecule has 0 amide bonds. The van der Waals surface area contributed by atoms with E-state index in [0.29, 0.717) is 10.6 Å². The Hall–Kier alpha value is -0.550. The average molecular weight is 307 g/mol. The number of hydrogen-bond acceptors (Lipinski definition) is 2. The van der Waals surface area contributed by atoms with Crippen molar-refractivity contribution in [2.24, 2.45) is 5.41 Å². The van der Waals surface area contributed by atoms with Crippen LogP contribution in [0.1, 0.15) is 13.8 Å². The van der Waals surface area contributed by atoms with Gasteiger partial charge in [-0.15, -0.1) is 11.8 Å². The van der Waals surface area contributed by atoms with Gasteiger partial charge in [-0.25, -0.2) is 4.39 Å². The standard InChI is InChI=1S/C11H12BrFO2S/c1-11(2,10(14)15)6-16-9-5-7(12)3-4-8(9)13/h3-5H,6H2,1-2H3,(H,14,15). The summed E-state index contributed by atoms with van der Waals surface area (Å²) in [7, 11) is 0. The summed E-state index contributed by atoms with van der Waals surface area (Å²) in [6.45, 7) is 3.25. The number of halogens is 2. The first-order valence-corrected chi connectivity index (χ1v) is 6.42. The topological polar surface area (TPSA) is 37.3 Å². The largest absolute Gasteiger partial charge is 0.481 e. The van der Waals surface area contributed by atoms with Crippen LogP contribution in [-0.4, -0.2) is 16.8 Å². The second kappa shape index (κ2) is 5.19. The molecule has 88 valence electrons. The van der Waals surface area contributed by atoms with E-state index >= 15 is 0 Å². The molecular weight excluding hydrogens is 295 g/mol. The third-order valence-corrected chi connectivity index (χ3v) is 4.04. The van der Waals surface area contributed by atoms with Crippen LogP contribution >= 0.6 is 27.7 Å². The summed E-state index contributed by atoms with van der Waals surface area (Å²) < 4.78 is 14.1. The molecule has 0 fully saturated rings. The summed E-state index contributed by atoms with van der Waals surface area (Å²) in [5.74, 6) is -0.875. The van der Waals surface area contributed by atoms with E-state index in [2.05, 4.69) is 15.9 Å². The van der Waals surface area contributed by atoms with Crippen LogP contribution in [0.5, 0.6) is 0 Å². The molecule has 16 heavy (non-hydrogen) atoms. The number of carboxylic acid groups (broad SMARTS) is 1. The Bertz CT molecular complexity index is 407. The fraction of sp³-hybridized carbons (Fsp3) is 0.364. The molecule has 1 aromatic rings. The lowest BCUT2D eigenvalue weighted by atomic mass is 9.97. The minimum atomic E-state index is -0.879. The molecule has 1 aromatic carbocycles. The third-order valence-electron chi connectivity index (χ3n) is 2.06. The molecule has 5 heteroatoms. The van der Waals surface area contributed by atoms with Gasteiger partial charge in [0.1, 0.15) is 5.82 Å². The molecule has 0 saturated carbocycles. The number of carboxylic acids is 1. The Morgan fingerprint density at radius 2 is 2.19 bits per heavy atom. The smallest absolute Gasteiger partial charge is 0.309 e. The van der Waals surface area contributed by atoms with Crippen LogP contribution in [0.3, 0.4) is 0 Å². The highest BCUT2D eigenvalue weighted by atomic mass is 79.9. The van der Waals surface area contributed by atoms with E-state index in [9.17, 15) is 9.18 Å². The predicted octanol–water partition coefficient (Wildman–Crippen LogP) is 3.79. The number of benzene rings is 1. The molecule has 0 spiro atoms. The Kier molecular flexibility index (Phi) is 4.38. The minimum Gasteiger partial charge on any atom is -0.481 e. The summed E-state index contributed by atoms with van der Waals surface area (Å²) in [5.41, 5.74) is -0.862. The normalized spacial score (nSPS) is 11.5. The molecule has 0 heterocycles. The van der Waals surface area contributed by atoms with Gasteiger partial charge in [-0.2, -0.15) is 0 Å². The van der Waals surface area contributed by atoms with Crippen molar-refractivity contribution in [2.75, 3.05) is 5.75 Å². The maximum Gasteiger partial charge on any atom is 0.309 e. The fourth-order valence-corrected chi connectivity index (χ4v) is 2.48. The van der Waals surface area contributed by atoms with Gasteiger partial charge in [0.25, 0.3) is 0 Å². The Morgan fingerprint density at radius 1 is 1.56 bits per heavy atom. The quantitative estimate of drug-likeness (QED) is 0.860. The lowest BCUT2D eigenvalue weighted by molar-refractivity contribution is -0.145. The highest BCUT2D eigenvalue weighted by Gasteiger charge is 2.27. The molecule has 0 aromatic heterocycles. The summed E-state index contributed by atoms with van der Waals surface area (Å²) in [4.78, 5) is 11.3. The van der Waals surface area contributed by atoms with Crippen LogP contribution in [0.2, 0.25) is 0 Å². The van der Waals surface area contributed by atoms with E-state index in [4.69, 9.17) is 5.11 Å². The highest BCUT2D eigenvalue weighted by molar-refractivity contribution is 9.10. The van der Waals surface area contributed by atoms with Crippen molar-refractivity contribution < 1.29 is 14.3 Å². The third kappa shape index (κ3) is 3.49. The van der Waals surface area contributed by atoms with Gasteiger partial charge in [0.2, 0.25) is 0 Å². The van der Waals surface area contributed by atoms with Gasteiger partial charge in [-0.3, -0.25) is 4.79 Å². The fourth-order valence-electron chi connectivity index (χ4n) is 0.908. The maximum absolute atomic E-state index is 13.4. The molecule has 1 N–H and O–H groups in total. The number of thioether (sulfide) groups is 1. The van der Waals surface area contributed by atoms with Crippen molar-refractivity contribution in [2.45, 2.75) is 18.7 Å². The summed E-state index contributed by atoms with van der Waals surface area (Å²) in [6, 6.07) is 4.62. The molecule has 0 aliphatic carbocycles. The van der Waals surface area contributed by atoms with Gasteiger partial charge in [0, 0.05) is 15.1 Å². The van der Waals surface area contributed by atoms with Gasteiger partial charge >= 0.3 is 5.97 Å². The zero-order valence-electron chi connectivity index (χ0n) is 8.96. The van der Waals surface area contributed by atoms with Gasteiger partial charge in [-0.1, -0.05) is 15.9 Å². The van der Waals surface area contributed by atoms with Gasteiger partial charge < -0.3 is 5.11 Å². The van der Waals surface area contributed by atoms with Gasteiger partial charge in [-0.05, 0) is 32.0 Å². The van der Waals surface area contributed by atoms with Crippen molar-refractivity contribution >= 4 is 33.7 Å². The van der Waals surface area contributed by atoms with Crippen LogP contribution in [0.15, 0.2) is 27.6 Å². The van der Waals surface area contributed by atoms with Crippen LogP contribution in [0.4, 0.5) is 4.39 Å². The molecule has 0 bridgehead atoms. The molecule has 0 aliphatic rings. The SMILES string of the molecule is CC(C)(CSc1cc(Br)ccc1F)C(=O)O. The summed E-state index contributed by atoms with van der Waals surface area (Å²) in [5, 5.41) is 8.93. The summed E-state index contributed by atoms with van der Waals surface area (Å²) in [6.07, 6.45) is 0. The first-order valence-electron chi connectivity index (χ1n) is 4.64. The maximum atomic E-state index is 13.4. The Morgan fingerprint density at radius 3 is 2.75 bits per heavy atom. The van der Waals surface area contributed by atoms with Crippen LogP contribution < -0.4 is 0 Å². The average Bonchev–Trinajstić information content (AvgIpc) is 2.19. The summed E-state index contributed by atoms with van der Waals surface area (Å²) >= 11 is 4.46. The number of carbonyl (C=O) groups is 1. The molecule has 1 rings (SSSR count). The molecule has 2 nitrogen and oxygen atoms in total. The zero-order valence-corrected chi connectivity index (χ0v) is 11.4. The first-order chi connectivity index (χ1) is 7.33. The van der Waals surface area contributed by atoms with Crippen LogP contribution in [0.25, 0.3) is 0 Å². The van der Waals surface area contributed by atoms with Crippen molar-refractivity contribution in [3.05, 3.63) is 28.5 Å². The zero-order chi connectivity index (χ0) is 12.3. The molecule has 0 aliphatic heterocycles. The lowest BCUT2D eigenvalue weighted by Crippen LogP contribution is -2.26. The second-order valence-corrected chi connectivity index (χ2v) is 5.99. The van der Waals surface area contributed by atoms with Crippen molar-refractivity contribution in [1.29, 1.82) is 0 Å². The van der Waals surface area contributed by atoms with E-state index in [0.717, 1.165) is 4.47 Å². The Balaban J connectivity index is 2.75. The van der Waals surface area contributed by atoms with E-state index < -0.39 is 11.4 Å². The van der Waals surface area contributed by atoms with E-state index in [1.54, 1.807) is 26.0 Å². The molecule has 0 radical (unpaired) electrons. The lowest BCUT2D eigenvalue weighted by Gasteiger charge is -2.18. The first kappa shape index (κ1) is 13.5. The molecule has 0 unspecified atom stereocenters. The number of hydrogen-bond donors (Lipinski definition) is 1. The second-order valence-electron chi connectivity index (χ2n) is 4.05. The van der Waals surface area contributed by atoms with Crippen LogP contribution in [-0.2, 0) is 4.79 Å². The molecular formula is C11H12BrFO2S. The van der Waals surface area contributed by atoms with Crippen molar-refractivity contribution in [3.8, 4) is 0 Å². The Labute approximate surface area is 106 Å². The van der Waals surface area contributed by atoms with Gasteiger partial charge in [0.05, 0.1) is 5.41 Å². The monoisotopic (exact) mass is 306 g/mol. The molecule has 0 atom stereocenters. The van der Waals surface area contributed by atoms with Crippen LogP contribution in [0, 0.1) is 11.2 Å². The van der Waals surface area contributed by atoms with Gasteiger partial charge in [0.15, 0.2) is 0 Å². The highest BCUT2D eigenvalue weighted by Crippen LogP contribution is 2.31. The van der Waals surface area contributed by atoms with E-state index in [-0.39, 0.29) is 5.82 Å². The van der Waals surface area contributed by atoms with Crippen molar-refractivity contribution in [3.63, 3.8) is 0 Å². The number of aliphatic carboxylic acids is 1. The number of rotatable bonds is 4. The predicted molar refractivity (Wildman–Crippen MR) is 66.2 cm³/mol. The molecule has 0 saturated heterocycles. The minimum absolute atomic E-state index is 0.325.